The van der Waals surface area contributed by atoms with Crippen LogP contribution in [-0.4, -0.2) is 10.9 Å². The second-order valence-corrected chi connectivity index (χ2v) is 2.56. The minimum absolute atomic E-state index is 0.0634. The van der Waals surface area contributed by atoms with Crippen LogP contribution in [0.2, 0.25) is 0 Å². The minimum Gasteiger partial charge on any atom is -0.504 e. The van der Waals surface area contributed by atoms with Crippen LogP contribution in [0.5, 0.6) is 5.75 Å². The number of hydrogen-bond acceptors (Lipinski definition) is 2. The van der Waals surface area contributed by atoms with E-state index >= 15 is 0 Å². The largest absolute Gasteiger partial charge is 0.504 e. The van der Waals surface area contributed by atoms with Crippen LogP contribution in [0.4, 0.5) is 8.78 Å². The molecule has 13 heavy (non-hydrogen) atoms. The highest BCUT2D eigenvalue weighted by Gasteiger charge is 2.07. The average molecular weight is 200 g/mol. The molecular weight excluding hydrogens is 194 g/mol. The number of aromatic hydroxyl groups is 1. The molecule has 68 valence electrons. The van der Waals surface area contributed by atoms with Crippen molar-refractivity contribution in [1.82, 2.24) is 0 Å². The average Bonchev–Trinajstić information content (AvgIpc) is 2.09. The molecule has 0 heterocycles. The Balaban J connectivity index is 3.20. The molecule has 0 aliphatic carbocycles. The lowest BCUT2D eigenvalue weighted by molar-refractivity contribution is 0.426. The van der Waals surface area contributed by atoms with Crippen LogP contribution in [-0.2, 0) is 0 Å². The fourth-order valence-electron chi connectivity index (χ4n) is 0.796. The third kappa shape index (κ3) is 2.36. The van der Waals surface area contributed by atoms with Gasteiger partial charge in [-0.25, -0.2) is 8.78 Å². The summed E-state index contributed by atoms with van der Waals surface area (Å²) in [6.07, 6.45) is 0. The van der Waals surface area contributed by atoms with Crippen LogP contribution in [0.3, 0.4) is 0 Å². The van der Waals surface area contributed by atoms with E-state index in [0.29, 0.717) is 6.07 Å². The summed E-state index contributed by atoms with van der Waals surface area (Å²) in [5, 5.41) is 9.08. The Morgan fingerprint density at radius 2 is 2.08 bits per heavy atom. The molecule has 1 rings (SSSR count). The number of phenolic OH excluding ortho intramolecular Hbond substituents is 1. The summed E-state index contributed by atoms with van der Waals surface area (Å²) in [5.41, 5.74) is -0.0634. The highest BCUT2D eigenvalue weighted by Crippen LogP contribution is 2.21. The third-order valence-electron chi connectivity index (χ3n) is 1.33. The van der Waals surface area contributed by atoms with Gasteiger partial charge in [-0.15, -0.1) is 0 Å². The van der Waals surface area contributed by atoms with Gasteiger partial charge in [-0.2, -0.15) is 12.6 Å². The number of halogens is 2. The van der Waals surface area contributed by atoms with E-state index in [1.165, 1.54) is 0 Å². The quantitative estimate of drug-likeness (QED) is 0.484. The normalized spacial score (nSPS) is 9.15. The van der Waals surface area contributed by atoms with E-state index in [-0.39, 0.29) is 11.3 Å². The maximum atomic E-state index is 12.7. The van der Waals surface area contributed by atoms with Gasteiger partial charge in [-0.05, 0) is 6.07 Å². The summed E-state index contributed by atoms with van der Waals surface area (Å²) in [6, 6.07) is 1.57. The topological polar surface area (TPSA) is 20.2 Å². The zero-order valence-electron chi connectivity index (χ0n) is 6.51. The van der Waals surface area contributed by atoms with E-state index < -0.39 is 17.4 Å². The summed E-state index contributed by atoms with van der Waals surface area (Å²) < 4.78 is 25.3. The second kappa shape index (κ2) is 4.15. The van der Waals surface area contributed by atoms with Crippen molar-refractivity contribution in [2.45, 2.75) is 0 Å². The Bertz CT molecular complexity index is 379. The van der Waals surface area contributed by atoms with Crippen molar-refractivity contribution < 1.29 is 13.9 Å². The second-order valence-electron chi connectivity index (χ2n) is 2.24. The summed E-state index contributed by atoms with van der Waals surface area (Å²) in [4.78, 5) is 0. The van der Waals surface area contributed by atoms with Gasteiger partial charge in [-0.1, -0.05) is 11.8 Å². The van der Waals surface area contributed by atoms with E-state index in [2.05, 4.69) is 24.5 Å². The molecule has 0 aromatic heterocycles. The van der Waals surface area contributed by atoms with Crippen molar-refractivity contribution in [2.75, 3.05) is 5.75 Å². The monoisotopic (exact) mass is 200 g/mol. The van der Waals surface area contributed by atoms with Gasteiger partial charge < -0.3 is 5.11 Å². The predicted molar refractivity (Wildman–Crippen MR) is 48.8 cm³/mol. The summed E-state index contributed by atoms with van der Waals surface area (Å²) in [7, 11) is 0. The van der Waals surface area contributed by atoms with Crippen molar-refractivity contribution in [3.05, 3.63) is 29.3 Å². The van der Waals surface area contributed by atoms with Gasteiger partial charge in [0.2, 0.25) is 0 Å². The first-order valence-corrected chi connectivity index (χ1v) is 4.06. The molecular formula is C9H6F2OS. The van der Waals surface area contributed by atoms with Gasteiger partial charge in [0.25, 0.3) is 0 Å². The Labute approximate surface area is 79.8 Å². The Morgan fingerprint density at radius 1 is 1.38 bits per heavy atom. The van der Waals surface area contributed by atoms with Crippen LogP contribution in [0.1, 0.15) is 5.56 Å². The first-order chi connectivity index (χ1) is 6.15. The van der Waals surface area contributed by atoms with Gasteiger partial charge in [-0.3, -0.25) is 0 Å². The van der Waals surface area contributed by atoms with Gasteiger partial charge >= 0.3 is 0 Å². The molecule has 1 aromatic rings. The molecule has 0 saturated carbocycles. The fraction of sp³-hybridized carbons (Fsp3) is 0.111. The Morgan fingerprint density at radius 3 is 2.69 bits per heavy atom. The zero-order valence-corrected chi connectivity index (χ0v) is 7.41. The highest BCUT2D eigenvalue weighted by atomic mass is 32.1. The lowest BCUT2D eigenvalue weighted by Gasteiger charge is -1.98. The Kier molecular flexibility index (Phi) is 3.15. The SMILES string of the molecule is Oc1c(F)cc(F)cc1C#CCS. The molecule has 1 aromatic carbocycles. The molecule has 0 amide bonds. The molecule has 0 aliphatic heterocycles. The standard InChI is InChI=1S/C9H6F2OS/c10-7-4-6(2-1-3-13)9(12)8(11)5-7/h4-5,12-13H,3H2. The molecule has 1 N–H and O–H groups in total. The maximum Gasteiger partial charge on any atom is 0.169 e. The summed E-state index contributed by atoms with van der Waals surface area (Å²) in [6.45, 7) is 0. The van der Waals surface area contributed by atoms with Crippen molar-refractivity contribution in [3.8, 4) is 17.6 Å². The molecule has 0 spiro atoms. The molecule has 4 heteroatoms. The van der Waals surface area contributed by atoms with Gasteiger partial charge in [0.1, 0.15) is 5.82 Å². The predicted octanol–water partition coefficient (Wildman–Crippen LogP) is 1.95. The van der Waals surface area contributed by atoms with E-state index in [0.717, 1.165) is 6.07 Å². The zero-order chi connectivity index (χ0) is 9.84. The molecule has 0 aliphatic rings. The van der Waals surface area contributed by atoms with Crippen LogP contribution < -0.4 is 0 Å². The molecule has 0 unspecified atom stereocenters. The summed E-state index contributed by atoms with van der Waals surface area (Å²) in [5.74, 6) is 2.73. The number of benzene rings is 1. The van der Waals surface area contributed by atoms with E-state index in [1.807, 2.05) is 0 Å². The number of phenols is 1. The van der Waals surface area contributed by atoms with Crippen molar-refractivity contribution in [2.24, 2.45) is 0 Å². The number of thiol groups is 1. The minimum atomic E-state index is -1.01. The Hall–Kier alpha value is -1.21. The van der Waals surface area contributed by atoms with Gasteiger partial charge in [0, 0.05) is 6.07 Å². The molecule has 0 bridgehead atoms. The third-order valence-corrected chi connectivity index (χ3v) is 1.49. The lowest BCUT2D eigenvalue weighted by Crippen LogP contribution is -1.85. The van der Waals surface area contributed by atoms with Crippen LogP contribution in [0.15, 0.2) is 12.1 Å². The smallest absolute Gasteiger partial charge is 0.169 e. The first kappa shape index (κ1) is 9.87. The summed E-state index contributed by atoms with van der Waals surface area (Å²) >= 11 is 3.79. The van der Waals surface area contributed by atoms with E-state index in [9.17, 15) is 8.78 Å². The van der Waals surface area contributed by atoms with Crippen molar-refractivity contribution in [1.29, 1.82) is 0 Å². The lowest BCUT2D eigenvalue weighted by atomic mass is 10.2. The van der Waals surface area contributed by atoms with E-state index in [1.54, 1.807) is 0 Å². The fourth-order valence-corrected chi connectivity index (χ4v) is 0.875. The number of hydrogen-bond donors (Lipinski definition) is 2. The van der Waals surface area contributed by atoms with Crippen LogP contribution in [0.25, 0.3) is 0 Å². The molecule has 0 radical (unpaired) electrons. The molecule has 0 saturated heterocycles. The first-order valence-electron chi connectivity index (χ1n) is 3.43. The van der Waals surface area contributed by atoms with Crippen LogP contribution >= 0.6 is 12.6 Å². The molecule has 0 fully saturated rings. The number of rotatable bonds is 0. The van der Waals surface area contributed by atoms with Gasteiger partial charge in [0.05, 0.1) is 11.3 Å². The van der Waals surface area contributed by atoms with Crippen molar-refractivity contribution in [3.63, 3.8) is 0 Å². The van der Waals surface area contributed by atoms with Gasteiger partial charge in [0.15, 0.2) is 11.6 Å². The maximum absolute atomic E-state index is 12.7. The van der Waals surface area contributed by atoms with E-state index in [4.69, 9.17) is 5.11 Å². The molecule has 0 atom stereocenters. The van der Waals surface area contributed by atoms with Crippen molar-refractivity contribution >= 4 is 12.6 Å². The highest BCUT2D eigenvalue weighted by molar-refractivity contribution is 7.80. The van der Waals surface area contributed by atoms with Crippen LogP contribution in [0, 0.1) is 23.5 Å². The molecule has 1 nitrogen and oxygen atoms in total.